The first-order valence-electron chi connectivity index (χ1n) is 9.82. The van der Waals surface area contributed by atoms with E-state index in [-0.39, 0.29) is 11.8 Å². The molecule has 0 saturated heterocycles. The maximum Gasteiger partial charge on any atom is 0.227 e. The molecule has 4 aromatic rings. The van der Waals surface area contributed by atoms with Crippen molar-refractivity contribution >= 4 is 17.2 Å². The molecule has 7 heteroatoms. The van der Waals surface area contributed by atoms with E-state index in [1.165, 1.54) is 0 Å². The second-order valence-corrected chi connectivity index (χ2v) is 7.30. The van der Waals surface area contributed by atoms with Crippen molar-refractivity contribution in [1.29, 1.82) is 0 Å². The second-order valence-electron chi connectivity index (χ2n) is 7.30. The van der Waals surface area contributed by atoms with E-state index in [4.69, 9.17) is 5.10 Å². The summed E-state index contributed by atoms with van der Waals surface area (Å²) in [7, 11) is 0. The zero-order valence-electron chi connectivity index (χ0n) is 15.8. The topological polar surface area (TPSA) is 85.1 Å². The quantitative estimate of drug-likeness (QED) is 0.575. The van der Waals surface area contributed by atoms with Gasteiger partial charge in [0.05, 0.1) is 5.69 Å². The Morgan fingerprint density at radius 2 is 1.79 bits per heavy atom. The maximum absolute atomic E-state index is 12.3. The van der Waals surface area contributed by atoms with Crippen molar-refractivity contribution in [3.05, 3.63) is 60.9 Å². The molecule has 1 fully saturated rings. The third-order valence-corrected chi connectivity index (χ3v) is 5.36. The van der Waals surface area contributed by atoms with E-state index in [1.807, 2.05) is 48.5 Å². The van der Waals surface area contributed by atoms with Crippen molar-refractivity contribution in [3.8, 4) is 22.6 Å². The largest absolute Gasteiger partial charge is 0.326 e. The van der Waals surface area contributed by atoms with Gasteiger partial charge in [0, 0.05) is 35.1 Å². The minimum absolute atomic E-state index is 0.125. The molecular weight excluding hydrogens is 364 g/mol. The minimum atomic E-state index is 0.125. The molecule has 0 aliphatic heterocycles. The van der Waals surface area contributed by atoms with E-state index in [9.17, 15) is 4.79 Å². The standard InChI is InChI=1S/C22H20N6O/c29-22(16-4-1-2-5-16)24-18-9-7-15(8-10-18)19-11-12-20-25-26-21(28(20)27-19)17-6-3-13-23-14-17/h3,6-14,16H,1-2,4-5H2,(H,24,29). The normalized spacial score (nSPS) is 14.3. The van der Waals surface area contributed by atoms with Gasteiger partial charge in [0.1, 0.15) is 0 Å². The van der Waals surface area contributed by atoms with Crippen molar-refractivity contribution in [1.82, 2.24) is 24.8 Å². The van der Waals surface area contributed by atoms with E-state index >= 15 is 0 Å². The van der Waals surface area contributed by atoms with Crippen LogP contribution in [0.25, 0.3) is 28.3 Å². The number of carbonyl (C=O) groups is 1. The monoisotopic (exact) mass is 384 g/mol. The number of nitrogens with one attached hydrogen (secondary N) is 1. The highest BCUT2D eigenvalue weighted by atomic mass is 16.1. The molecule has 1 aliphatic rings. The van der Waals surface area contributed by atoms with E-state index in [1.54, 1.807) is 16.9 Å². The lowest BCUT2D eigenvalue weighted by molar-refractivity contribution is -0.119. The fourth-order valence-electron chi connectivity index (χ4n) is 3.77. The van der Waals surface area contributed by atoms with Crippen LogP contribution in [0.3, 0.4) is 0 Å². The maximum atomic E-state index is 12.3. The molecule has 1 amide bonds. The summed E-state index contributed by atoms with van der Waals surface area (Å²) in [6, 6.07) is 15.4. The smallest absolute Gasteiger partial charge is 0.227 e. The molecule has 7 nitrogen and oxygen atoms in total. The number of nitrogens with zero attached hydrogens (tertiary/aromatic N) is 5. The first-order chi connectivity index (χ1) is 14.3. The lowest BCUT2D eigenvalue weighted by atomic mass is 10.1. The number of aromatic nitrogens is 5. The highest BCUT2D eigenvalue weighted by Crippen LogP contribution is 2.27. The highest BCUT2D eigenvalue weighted by molar-refractivity contribution is 5.92. The number of pyridine rings is 1. The molecule has 0 bridgehead atoms. The molecular formula is C22H20N6O. The molecule has 0 atom stereocenters. The summed E-state index contributed by atoms with van der Waals surface area (Å²) in [6.07, 6.45) is 7.74. The fourth-order valence-corrected chi connectivity index (χ4v) is 3.77. The van der Waals surface area contributed by atoms with Gasteiger partial charge < -0.3 is 5.32 Å². The van der Waals surface area contributed by atoms with E-state index in [0.717, 1.165) is 48.2 Å². The molecule has 0 unspecified atom stereocenters. The Labute approximate surface area is 167 Å². The van der Waals surface area contributed by atoms with Crippen LogP contribution < -0.4 is 5.32 Å². The number of hydrogen-bond donors (Lipinski definition) is 1. The van der Waals surface area contributed by atoms with Gasteiger partial charge in [-0.1, -0.05) is 25.0 Å². The Morgan fingerprint density at radius 1 is 0.966 bits per heavy atom. The molecule has 3 heterocycles. The second kappa shape index (κ2) is 7.43. The van der Waals surface area contributed by atoms with Crippen LogP contribution in [-0.2, 0) is 4.79 Å². The van der Waals surface area contributed by atoms with Crippen LogP contribution in [-0.4, -0.2) is 30.7 Å². The fraction of sp³-hybridized carbons (Fsp3) is 0.227. The molecule has 5 rings (SSSR count). The average Bonchev–Trinajstić information content (AvgIpc) is 3.45. The van der Waals surface area contributed by atoms with Gasteiger partial charge >= 0.3 is 0 Å². The number of benzene rings is 1. The van der Waals surface area contributed by atoms with E-state index in [0.29, 0.717) is 11.5 Å². The predicted molar refractivity (Wildman–Crippen MR) is 110 cm³/mol. The molecule has 1 aliphatic carbocycles. The molecule has 0 radical (unpaired) electrons. The van der Waals surface area contributed by atoms with Crippen LogP contribution in [0.4, 0.5) is 5.69 Å². The van der Waals surface area contributed by atoms with Gasteiger partial charge in [0.15, 0.2) is 11.5 Å². The van der Waals surface area contributed by atoms with E-state index < -0.39 is 0 Å². The minimum Gasteiger partial charge on any atom is -0.326 e. The number of anilines is 1. The number of amides is 1. The van der Waals surface area contributed by atoms with Gasteiger partial charge in [-0.15, -0.1) is 10.2 Å². The summed E-state index contributed by atoms with van der Waals surface area (Å²) in [5.41, 5.74) is 4.10. The van der Waals surface area contributed by atoms with Gasteiger partial charge in [-0.3, -0.25) is 9.78 Å². The predicted octanol–water partition coefficient (Wildman–Crippen LogP) is 3.98. The SMILES string of the molecule is O=C(Nc1ccc(-c2ccc3nnc(-c4cccnc4)n3n2)cc1)C1CCCC1. The summed E-state index contributed by atoms with van der Waals surface area (Å²) >= 11 is 0. The Kier molecular flexibility index (Phi) is 4.48. The number of rotatable bonds is 4. The number of hydrogen-bond acceptors (Lipinski definition) is 5. The van der Waals surface area contributed by atoms with Gasteiger partial charge in [-0.05, 0) is 49.2 Å². The first-order valence-corrected chi connectivity index (χ1v) is 9.82. The molecule has 1 aromatic carbocycles. The summed E-state index contributed by atoms with van der Waals surface area (Å²) in [6.45, 7) is 0. The van der Waals surface area contributed by atoms with Crippen LogP contribution >= 0.6 is 0 Å². The van der Waals surface area contributed by atoms with Gasteiger partial charge in [-0.25, -0.2) is 0 Å². The third-order valence-electron chi connectivity index (χ3n) is 5.36. The number of carbonyl (C=O) groups excluding carboxylic acids is 1. The molecule has 1 N–H and O–H groups in total. The van der Waals surface area contributed by atoms with Crippen molar-refractivity contribution in [2.24, 2.45) is 5.92 Å². The van der Waals surface area contributed by atoms with Crippen LogP contribution in [0, 0.1) is 5.92 Å². The van der Waals surface area contributed by atoms with Gasteiger partial charge in [-0.2, -0.15) is 9.61 Å². The lowest BCUT2D eigenvalue weighted by Gasteiger charge is -2.11. The van der Waals surface area contributed by atoms with Crippen molar-refractivity contribution < 1.29 is 4.79 Å². The van der Waals surface area contributed by atoms with Gasteiger partial charge in [0.25, 0.3) is 0 Å². The summed E-state index contributed by atoms with van der Waals surface area (Å²) < 4.78 is 1.72. The van der Waals surface area contributed by atoms with Crippen molar-refractivity contribution in [2.45, 2.75) is 25.7 Å². The zero-order chi connectivity index (χ0) is 19.6. The lowest BCUT2D eigenvalue weighted by Crippen LogP contribution is -2.20. The molecule has 29 heavy (non-hydrogen) atoms. The Balaban J connectivity index is 1.41. The Hall–Kier alpha value is -3.61. The summed E-state index contributed by atoms with van der Waals surface area (Å²) in [4.78, 5) is 16.5. The Morgan fingerprint density at radius 3 is 2.55 bits per heavy atom. The van der Waals surface area contributed by atoms with E-state index in [2.05, 4.69) is 20.5 Å². The Bertz CT molecular complexity index is 1150. The van der Waals surface area contributed by atoms with Crippen LogP contribution in [0.5, 0.6) is 0 Å². The van der Waals surface area contributed by atoms with Crippen LogP contribution in [0.1, 0.15) is 25.7 Å². The van der Waals surface area contributed by atoms with Crippen molar-refractivity contribution in [3.63, 3.8) is 0 Å². The van der Waals surface area contributed by atoms with Crippen LogP contribution in [0.15, 0.2) is 60.9 Å². The third kappa shape index (κ3) is 3.47. The molecule has 1 saturated carbocycles. The highest BCUT2D eigenvalue weighted by Gasteiger charge is 2.22. The van der Waals surface area contributed by atoms with Gasteiger partial charge in [0.2, 0.25) is 5.91 Å². The van der Waals surface area contributed by atoms with Crippen molar-refractivity contribution in [2.75, 3.05) is 5.32 Å². The molecule has 144 valence electrons. The van der Waals surface area contributed by atoms with Crippen LogP contribution in [0.2, 0.25) is 0 Å². The number of fused-ring (bicyclic) bond motifs is 1. The average molecular weight is 384 g/mol. The first kappa shape index (κ1) is 17.5. The molecule has 3 aromatic heterocycles. The summed E-state index contributed by atoms with van der Waals surface area (Å²) in [5, 5.41) is 16.2. The molecule has 0 spiro atoms. The zero-order valence-corrected chi connectivity index (χ0v) is 15.8. The summed E-state index contributed by atoms with van der Waals surface area (Å²) in [5.74, 6) is 0.925.